The number of carbonyl (C=O) groups is 2. The smallest absolute Gasteiger partial charge is 0.251 e. The Morgan fingerprint density at radius 1 is 0.812 bits per heavy atom. The molecule has 0 spiro atoms. The van der Waals surface area contributed by atoms with Crippen LogP contribution in [0, 0.1) is 0 Å². The third kappa shape index (κ3) is 10.5. The molecule has 0 aromatic heterocycles. The van der Waals surface area contributed by atoms with Crippen molar-refractivity contribution < 1.29 is 27.9 Å². The first-order valence-corrected chi connectivity index (χ1v) is 17.5. The molecule has 48 heavy (non-hydrogen) atoms. The fourth-order valence-corrected chi connectivity index (χ4v) is 5.75. The molecular weight excluding hydrogens is 628 g/mol. The van der Waals surface area contributed by atoms with E-state index in [2.05, 4.69) is 16.0 Å². The van der Waals surface area contributed by atoms with Crippen LogP contribution in [0.4, 0.5) is 5.69 Å². The number of aliphatic hydroxyl groups excluding tert-OH is 1. The maximum Gasteiger partial charge on any atom is 0.251 e. The average Bonchev–Trinajstić information content (AvgIpc) is 3.08. The molecule has 0 saturated heterocycles. The Bertz CT molecular complexity index is 1770. The fraction of sp³-hybridized carbons (Fsp3) is 0.297. The number of amides is 2. The van der Waals surface area contributed by atoms with Crippen molar-refractivity contribution in [3.63, 3.8) is 0 Å². The van der Waals surface area contributed by atoms with Gasteiger partial charge in [-0.2, -0.15) is 0 Å². The number of ether oxygens (including phenoxy) is 1. The molecule has 0 aliphatic heterocycles. The molecule has 0 saturated carbocycles. The van der Waals surface area contributed by atoms with Gasteiger partial charge in [0.2, 0.25) is 10.0 Å². The first-order valence-electron chi connectivity index (χ1n) is 15.7. The van der Waals surface area contributed by atoms with Crippen molar-refractivity contribution in [2.75, 3.05) is 31.3 Å². The van der Waals surface area contributed by atoms with Crippen molar-refractivity contribution in [3.05, 3.63) is 137 Å². The summed E-state index contributed by atoms with van der Waals surface area (Å²) >= 11 is 0. The van der Waals surface area contributed by atoms with E-state index in [0.717, 1.165) is 32.8 Å². The molecule has 4 N–H and O–H groups in total. The second-order valence-electron chi connectivity index (χ2n) is 11.8. The normalized spacial score (nSPS) is 13.3. The fourth-order valence-electron chi connectivity index (χ4n) is 5.26. The Balaban J connectivity index is 1.57. The molecule has 10 nitrogen and oxygen atoms in total. The zero-order valence-electron chi connectivity index (χ0n) is 27.7. The van der Waals surface area contributed by atoms with Crippen LogP contribution in [0.25, 0.3) is 0 Å². The molecule has 4 aromatic carbocycles. The van der Waals surface area contributed by atoms with Gasteiger partial charge in [-0.15, -0.1) is 0 Å². The van der Waals surface area contributed by atoms with Gasteiger partial charge < -0.3 is 25.8 Å². The van der Waals surface area contributed by atoms with Gasteiger partial charge in [0, 0.05) is 38.4 Å². The van der Waals surface area contributed by atoms with Crippen LogP contribution in [-0.4, -0.2) is 64.4 Å². The number of rotatable bonds is 16. The molecule has 0 aliphatic rings. The van der Waals surface area contributed by atoms with E-state index in [1.165, 1.54) is 25.2 Å². The Morgan fingerprint density at radius 3 is 2.02 bits per heavy atom. The molecule has 0 fully saturated rings. The van der Waals surface area contributed by atoms with Gasteiger partial charge in [-0.25, -0.2) is 8.42 Å². The highest BCUT2D eigenvalue weighted by molar-refractivity contribution is 7.92. The van der Waals surface area contributed by atoms with Crippen LogP contribution in [0.1, 0.15) is 55.9 Å². The molecular formula is C37H44N4O6S. The lowest BCUT2D eigenvalue weighted by Crippen LogP contribution is -2.48. The number of nitrogens with one attached hydrogen (secondary N) is 3. The van der Waals surface area contributed by atoms with Crippen LogP contribution in [0.2, 0.25) is 0 Å². The van der Waals surface area contributed by atoms with E-state index in [-0.39, 0.29) is 29.4 Å². The minimum atomic E-state index is -3.71. The highest BCUT2D eigenvalue weighted by Crippen LogP contribution is 2.22. The molecule has 4 aromatic rings. The van der Waals surface area contributed by atoms with E-state index >= 15 is 0 Å². The average molecular weight is 673 g/mol. The summed E-state index contributed by atoms with van der Waals surface area (Å²) in [7, 11) is -0.705. The lowest BCUT2D eigenvalue weighted by molar-refractivity contribution is 0.0830. The molecule has 254 valence electrons. The predicted octanol–water partition coefficient (Wildman–Crippen LogP) is 4.21. The predicted molar refractivity (Wildman–Crippen MR) is 188 cm³/mol. The Kier molecular flexibility index (Phi) is 12.9. The number of hydrogen-bond acceptors (Lipinski definition) is 7. The van der Waals surface area contributed by atoms with Crippen molar-refractivity contribution >= 4 is 27.5 Å². The SMILES string of the molecule is COCc1cccc(CNC[C@@H](O)[C@H](Cc2ccccc2)NC(=O)c2cc(C(=O)N[C@H](C)c3ccccc3)cc(N(C)S(C)(=O)=O)c2)c1. The minimum Gasteiger partial charge on any atom is -0.390 e. The van der Waals surface area contributed by atoms with E-state index in [4.69, 9.17) is 4.74 Å². The van der Waals surface area contributed by atoms with Crippen molar-refractivity contribution in [1.29, 1.82) is 0 Å². The second kappa shape index (κ2) is 17.0. The topological polar surface area (TPSA) is 137 Å². The summed E-state index contributed by atoms with van der Waals surface area (Å²) in [5, 5.41) is 20.5. The number of benzene rings is 4. The van der Waals surface area contributed by atoms with Gasteiger partial charge in [0.15, 0.2) is 0 Å². The van der Waals surface area contributed by atoms with E-state index in [1.54, 1.807) is 7.11 Å². The van der Waals surface area contributed by atoms with E-state index < -0.39 is 34.0 Å². The van der Waals surface area contributed by atoms with Gasteiger partial charge in [0.05, 0.1) is 36.7 Å². The van der Waals surface area contributed by atoms with Crippen LogP contribution >= 0.6 is 0 Å². The monoisotopic (exact) mass is 672 g/mol. The van der Waals surface area contributed by atoms with Crippen LogP contribution in [0.15, 0.2) is 103 Å². The third-order valence-electron chi connectivity index (χ3n) is 8.01. The second-order valence-corrected chi connectivity index (χ2v) is 13.8. The maximum atomic E-state index is 13.8. The molecule has 3 atom stereocenters. The molecule has 0 unspecified atom stereocenters. The van der Waals surface area contributed by atoms with E-state index in [1.807, 2.05) is 91.9 Å². The Labute approximate surface area is 283 Å². The summed E-state index contributed by atoms with van der Waals surface area (Å²) in [6.45, 7) is 3.03. The number of hydrogen-bond donors (Lipinski definition) is 4. The number of aliphatic hydroxyl groups is 1. The standard InChI is InChI=1S/C37H44N4O6S/c1-26(30-16-9-6-10-17-30)39-36(43)31-20-32(22-33(21-31)41(2)48(4,45)46)37(44)40-34(19-27-12-7-5-8-13-27)35(42)24-38-23-28-14-11-15-29(18-28)25-47-3/h5-18,20-22,26,34-35,38,42H,19,23-25H2,1-4H3,(H,39,43)(H,40,44)/t26-,34+,35-/m1/s1. The van der Waals surface area contributed by atoms with Crippen LogP contribution in [0.3, 0.4) is 0 Å². The molecule has 0 radical (unpaired) electrons. The minimum absolute atomic E-state index is 0.0775. The summed E-state index contributed by atoms with van der Waals surface area (Å²) in [5.74, 6) is -1.03. The van der Waals surface area contributed by atoms with Gasteiger partial charge >= 0.3 is 0 Å². The molecule has 4 rings (SSSR count). The van der Waals surface area contributed by atoms with Gasteiger partial charge in [-0.05, 0) is 53.8 Å². The molecule has 2 amide bonds. The zero-order chi connectivity index (χ0) is 34.7. The molecule has 11 heteroatoms. The van der Waals surface area contributed by atoms with Crippen LogP contribution < -0.4 is 20.3 Å². The summed E-state index contributed by atoms with van der Waals surface area (Å²) in [4.78, 5) is 27.3. The number of sulfonamides is 1. The summed E-state index contributed by atoms with van der Waals surface area (Å²) in [6, 6.07) is 30.1. The Morgan fingerprint density at radius 2 is 1.40 bits per heavy atom. The Hall–Kier alpha value is -4.55. The van der Waals surface area contributed by atoms with Crippen molar-refractivity contribution in [3.8, 4) is 0 Å². The quantitative estimate of drug-likeness (QED) is 0.140. The lowest BCUT2D eigenvalue weighted by atomic mass is 9.99. The zero-order valence-corrected chi connectivity index (χ0v) is 28.5. The summed E-state index contributed by atoms with van der Waals surface area (Å²) in [6.07, 6.45) is 0.404. The highest BCUT2D eigenvalue weighted by Gasteiger charge is 2.25. The van der Waals surface area contributed by atoms with Gasteiger partial charge in [-0.3, -0.25) is 13.9 Å². The van der Waals surface area contributed by atoms with Crippen LogP contribution in [-0.2, 0) is 34.3 Å². The maximum absolute atomic E-state index is 13.8. The number of carbonyl (C=O) groups excluding carboxylic acids is 2. The van der Waals surface area contributed by atoms with Crippen molar-refractivity contribution in [2.45, 2.75) is 44.7 Å². The van der Waals surface area contributed by atoms with Crippen LogP contribution in [0.5, 0.6) is 0 Å². The lowest BCUT2D eigenvalue weighted by Gasteiger charge is -2.26. The van der Waals surface area contributed by atoms with Gasteiger partial charge in [0.1, 0.15) is 0 Å². The largest absolute Gasteiger partial charge is 0.390 e. The molecule has 0 aliphatic carbocycles. The first-order chi connectivity index (χ1) is 22.9. The number of nitrogens with zero attached hydrogens (tertiary/aromatic N) is 1. The van der Waals surface area contributed by atoms with Gasteiger partial charge in [0.25, 0.3) is 11.8 Å². The van der Waals surface area contributed by atoms with Crippen molar-refractivity contribution in [1.82, 2.24) is 16.0 Å². The van der Waals surface area contributed by atoms with E-state index in [9.17, 15) is 23.1 Å². The van der Waals surface area contributed by atoms with E-state index in [0.29, 0.717) is 19.6 Å². The molecule has 0 heterocycles. The van der Waals surface area contributed by atoms with Crippen molar-refractivity contribution in [2.24, 2.45) is 0 Å². The highest BCUT2D eigenvalue weighted by atomic mass is 32.2. The molecule has 0 bridgehead atoms. The number of anilines is 1. The first kappa shape index (κ1) is 36.3. The van der Waals surface area contributed by atoms with Gasteiger partial charge in [-0.1, -0.05) is 84.9 Å². The third-order valence-corrected chi connectivity index (χ3v) is 9.22. The number of methoxy groups -OCH3 is 1. The summed E-state index contributed by atoms with van der Waals surface area (Å²) < 4.78 is 31.2. The summed E-state index contributed by atoms with van der Waals surface area (Å²) in [5.41, 5.74) is 4.22.